The molecule has 0 spiro atoms. The second-order valence-corrected chi connectivity index (χ2v) is 9.69. The van der Waals surface area contributed by atoms with E-state index >= 15 is 0 Å². The third kappa shape index (κ3) is 4.88. The number of hydrogen-bond acceptors (Lipinski definition) is 4. The zero-order chi connectivity index (χ0) is 22.0. The number of fused-ring (bicyclic) bond motifs is 1. The van der Waals surface area contributed by atoms with Crippen LogP contribution in [0.15, 0.2) is 36.4 Å². The molecule has 0 aromatic heterocycles. The van der Waals surface area contributed by atoms with E-state index in [1.807, 2.05) is 32.0 Å². The molecule has 2 aromatic carbocycles. The van der Waals surface area contributed by atoms with E-state index < -0.39 is 11.2 Å². The lowest BCUT2D eigenvalue weighted by Gasteiger charge is -2.27. The van der Waals surface area contributed by atoms with E-state index in [9.17, 15) is 14.7 Å². The van der Waals surface area contributed by atoms with E-state index in [0.717, 1.165) is 16.8 Å². The number of anilines is 1. The van der Waals surface area contributed by atoms with Crippen LogP contribution in [-0.2, 0) is 9.59 Å². The van der Waals surface area contributed by atoms with Gasteiger partial charge >= 0.3 is 5.97 Å². The fraction of sp³-hybridized carbons (Fsp3) is 0.364. The lowest BCUT2D eigenvalue weighted by molar-refractivity contribution is -0.138. The van der Waals surface area contributed by atoms with Gasteiger partial charge < -0.3 is 14.7 Å². The van der Waals surface area contributed by atoms with Gasteiger partial charge in [0.25, 0.3) is 0 Å². The molecule has 1 N–H and O–H groups in total. The zero-order valence-electron chi connectivity index (χ0n) is 16.9. The molecule has 1 heterocycles. The molecule has 2 atom stereocenters. The number of carbonyl (C=O) groups excluding carboxylic acids is 1. The number of carboxylic acid groups (broad SMARTS) is 1. The van der Waals surface area contributed by atoms with Crippen molar-refractivity contribution in [3.63, 3.8) is 0 Å². The number of thioether (sulfide) groups is 1. The van der Waals surface area contributed by atoms with Gasteiger partial charge in [-0.3, -0.25) is 9.59 Å². The number of aliphatic carboxylic acids is 1. The topological polar surface area (TPSA) is 66.8 Å². The Morgan fingerprint density at radius 1 is 1.20 bits per heavy atom. The second-order valence-electron chi connectivity index (χ2n) is 7.54. The maximum absolute atomic E-state index is 13.4. The molecule has 160 valence electrons. The number of ether oxygens (including phenoxy) is 1. The molecule has 0 saturated carbocycles. The van der Waals surface area contributed by atoms with Crippen molar-refractivity contribution in [2.75, 3.05) is 18.6 Å². The minimum absolute atomic E-state index is 0.203. The molecule has 0 bridgehead atoms. The highest BCUT2D eigenvalue weighted by molar-refractivity contribution is 8.01. The Labute approximate surface area is 190 Å². The molecular formula is C22H23Cl2NO4S. The van der Waals surface area contributed by atoms with Gasteiger partial charge in [0.05, 0.1) is 24.0 Å². The van der Waals surface area contributed by atoms with Gasteiger partial charge in [-0.05, 0) is 47.4 Å². The van der Waals surface area contributed by atoms with Gasteiger partial charge in [-0.15, -0.1) is 11.8 Å². The Morgan fingerprint density at radius 3 is 2.53 bits per heavy atom. The standard InChI is InChI=1S/C22H23Cl2NO4S/c1-12(2)11-25-18-7-4-13(23)8-16(18)21(30-19(22(25)28)10-20(26)27)15-6-5-14(29-3)9-17(15)24/h4-9,12,19,21H,10-11H2,1-3H3,(H,26,27)/t19-,21-/m1/s1. The lowest BCUT2D eigenvalue weighted by Crippen LogP contribution is -2.40. The van der Waals surface area contributed by atoms with Crippen molar-refractivity contribution in [2.45, 2.75) is 30.8 Å². The van der Waals surface area contributed by atoms with Gasteiger partial charge in [0.15, 0.2) is 0 Å². The van der Waals surface area contributed by atoms with E-state index in [2.05, 4.69) is 0 Å². The third-order valence-corrected chi connectivity index (χ3v) is 6.84. The van der Waals surface area contributed by atoms with Crippen LogP contribution in [0.25, 0.3) is 0 Å². The lowest BCUT2D eigenvalue weighted by atomic mass is 10.0. The minimum Gasteiger partial charge on any atom is -0.497 e. The molecule has 0 aliphatic carbocycles. The Morgan fingerprint density at radius 2 is 1.93 bits per heavy atom. The molecule has 30 heavy (non-hydrogen) atoms. The first-order valence-corrected chi connectivity index (χ1v) is 11.2. The first-order chi connectivity index (χ1) is 14.2. The SMILES string of the molecule is COc1ccc([C@H]2S[C@H](CC(=O)O)C(=O)N(CC(C)C)c3ccc(Cl)cc32)c(Cl)c1. The van der Waals surface area contributed by atoms with E-state index in [4.69, 9.17) is 27.9 Å². The number of nitrogens with zero attached hydrogens (tertiary/aromatic N) is 1. The van der Waals surface area contributed by atoms with Crippen molar-refractivity contribution in [3.05, 3.63) is 57.6 Å². The summed E-state index contributed by atoms with van der Waals surface area (Å²) >= 11 is 14.2. The first-order valence-electron chi connectivity index (χ1n) is 9.52. The summed E-state index contributed by atoms with van der Waals surface area (Å²) in [4.78, 5) is 26.6. The van der Waals surface area contributed by atoms with Gasteiger partial charge in [-0.2, -0.15) is 0 Å². The maximum atomic E-state index is 13.4. The van der Waals surface area contributed by atoms with Gasteiger partial charge in [0, 0.05) is 22.3 Å². The third-order valence-electron chi connectivity index (χ3n) is 4.80. The largest absolute Gasteiger partial charge is 0.497 e. The van der Waals surface area contributed by atoms with Crippen LogP contribution >= 0.6 is 35.0 Å². The molecule has 0 saturated heterocycles. The number of hydrogen-bond donors (Lipinski definition) is 1. The summed E-state index contributed by atoms with van der Waals surface area (Å²) < 4.78 is 5.25. The molecule has 1 aliphatic rings. The van der Waals surface area contributed by atoms with Gasteiger partial charge in [-0.1, -0.05) is 43.1 Å². The molecule has 0 fully saturated rings. The van der Waals surface area contributed by atoms with Crippen molar-refractivity contribution in [1.82, 2.24) is 0 Å². The summed E-state index contributed by atoms with van der Waals surface area (Å²) in [6, 6.07) is 10.8. The van der Waals surface area contributed by atoms with E-state index in [1.165, 1.54) is 11.8 Å². The number of rotatable bonds is 6. The predicted octanol–water partition coefficient (Wildman–Crippen LogP) is 5.67. The molecule has 1 aliphatic heterocycles. The molecular weight excluding hydrogens is 445 g/mol. The average Bonchev–Trinajstić information content (AvgIpc) is 2.77. The Balaban J connectivity index is 2.20. The monoisotopic (exact) mass is 467 g/mol. The normalized spacial score (nSPS) is 18.9. The van der Waals surface area contributed by atoms with Crippen molar-refractivity contribution in [2.24, 2.45) is 5.92 Å². The van der Waals surface area contributed by atoms with Crippen LogP contribution in [-0.4, -0.2) is 35.9 Å². The van der Waals surface area contributed by atoms with Gasteiger partial charge in [0.2, 0.25) is 5.91 Å². The van der Waals surface area contributed by atoms with E-state index in [1.54, 1.807) is 30.2 Å². The van der Waals surface area contributed by atoms with Crippen LogP contribution in [0.4, 0.5) is 5.69 Å². The Bertz CT molecular complexity index is 966. The number of methoxy groups -OCH3 is 1. The minimum atomic E-state index is -1.02. The summed E-state index contributed by atoms with van der Waals surface area (Å²) in [5.74, 6) is -0.414. The summed E-state index contributed by atoms with van der Waals surface area (Å²) in [6.07, 6.45) is -0.274. The number of carboxylic acids is 1. The fourth-order valence-corrected chi connectivity index (χ4v) is 5.53. The zero-order valence-corrected chi connectivity index (χ0v) is 19.2. The van der Waals surface area contributed by atoms with Crippen molar-refractivity contribution >= 4 is 52.5 Å². The van der Waals surface area contributed by atoms with Crippen LogP contribution in [0.1, 0.15) is 36.6 Å². The molecule has 0 radical (unpaired) electrons. The highest BCUT2D eigenvalue weighted by atomic mass is 35.5. The maximum Gasteiger partial charge on any atom is 0.305 e. The van der Waals surface area contributed by atoms with Crippen molar-refractivity contribution < 1.29 is 19.4 Å². The summed E-state index contributed by atoms with van der Waals surface area (Å²) in [6.45, 7) is 4.52. The quantitative estimate of drug-likeness (QED) is 0.592. The van der Waals surface area contributed by atoms with Gasteiger partial charge in [0.1, 0.15) is 5.75 Å². The Hall–Kier alpha value is -1.89. The number of carbonyl (C=O) groups is 2. The van der Waals surface area contributed by atoms with E-state index in [-0.39, 0.29) is 23.5 Å². The molecule has 3 rings (SSSR count). The number of benzene rings is 2. The van der Waals surface area contributed by atoms with Crippen LogP contribution in [0, 0.1) is 5.92 Å². The van der Waals surface area contributed by atoms with E-state index in [0.29, 0.717) is 22.3 Å². The summed E-state index contributed by atoms with van der Waals surface area (Å²) in [5, 5.41) is 9.35. The van der Waals surface area contributed by atoms with Crippen LogP contribution in [0.5, 0.6) is 5.75 Å². The summed E-state index contributed by atoms with van der Waals surface area (Å²) in [7, 11) is 1.56. The van der Waals surface area contributed by atoms with Crippen LogP contribution < -0.4 is 9.64 Å². The van der Waals surface area contributed by atoms with Crippen LogP contribution in [0.3, 0.4) is 0 Å². The first kappa shape index (κ1) is 22.8. The second kappa shape index (κ2) is 9.50. The summed E-state index contributed by atoms with van der Waals surface area (Å²) in [5.41, 5.74) is 2.34. The predicted molar refractivity (Wildman–Crippen MR) is 122 cm³/mol. The fourth-order valence-electron chi connectivity index (χ4n) is 3.51. The van der Waals surface area contributed by atoms with Crippen molar-refractivity contribution in [3.8, 4) is 5.75 Å². The molecule has 2 aromatic rings. The molecule has 0 unspecified atom stereocenters. The molecule has 8 heteroatoms. The highest BCUT2D eigenvalue weighted by Crippen LogP contribution is 2.49. The Kier molecular flexibility index (Phi) is 7.22. The number of halogens is 2. The van der Waals surface area contributed by atoms with Gasteiger partial charge in [-0.25, -0.2) is 0 Å². The molecule has 1 amide bonds. The number of amides is 1. The molecule has 5 nitrogen and oxygen atoms in total. The highest BCUT2D eigenvalue weighted by Gasteiger charge is 2.38. The average molecular weight is 468 g/mol. The smallest absolute Gasteiger partial charge is 0.305 e. The van der Waals surface area contributed by atoms with Crippen LogP contribution in [0.2, 0.25) is 10.0 Å². The van der Waals surface area contributed by atoms with Crippen molar-refractivity contribution in [1.29, 1.82) is 0 Å².